The first-order chi connectivity index (χ1) is 7.67. The van der Waals surface area contributed by atoms with Crippen molar-refractivity contribution in [1.82, 2.24) is 0 Å². The van der Waals surface area contributed by atoms with E-state index in [4.69, 9.17) is 0 Å². The molecule has 88 valence electrons. The fraction of sp³-hybridized carbons (Fsp3) is 0.500. The van der Waals surface area contributed by atoms with Gasteiger partial charge in [-0.2, -0.15) is 0 Å². The predicted octanol–water partition coefficient (Wildman–Crippen LogP) is 3.00. The molecule has 1 N–H and O–H groups in total. The molecule has 1 aliphatic rings. The fourth-order valence-corrected chi connectivity index (χ4v) is 2.24. The molecule has 2 nitrogen and oxygen atoms in total. The SMILES string of the molecule is CCC1CNc2cc(F)c(F)cc2N1CC. The molecule has 0 aromatic heterocycles. The number of anilines is 2. The lowest BCUT2D eigenvalue weighted by molar-refractivity contribution is 0.505. The highest BCUT2D eigenvalue weighted by atomic mass is 19.2. The van der Waals surface area contributed by atoms with Crippen molar-refractivity contribution in [2.45, 2.75) is 26.3 Å². The number of nitrogens with one attached hydrogen (secondary N) is 1. The molecular weight excluding hydrogens is 210 g/mol. The highest BCUT2D eigenvalue weighted by molar-refractivity contribution is 5.73. The topological polar surface area (TPSA) is 15.3 Å². The number of likely N-dealkylation sites (N-methyl/N-ethyl adjacent to an activating group) is 1. The summed E-state index contributed by atoms with van der Waals surface area (Å²) in [6.45, 7) is 5.71. The summed E-state index contributed by atoms with van der Waals surface area (Å²) < 4.78 is 26.3. The smallest absolute Gasteiger partial charge is 0.161 e. The molecule has 4 heteroatoms. The average Bonchev–Trinajstić information content (AvgIpc) is 2.29. The minimum atomic E-state index is -0.794. The number of nitrogens with zero attached hydrogens (tertiary/aromatic N) is 1. The Kier molecular flexibility index (Phi) is 2.99. The molecule has 0 saturated heterocycles. The minimum Gasteiger partial charge on any atom is -0.381 e. The number of halogens is 2. The summed E-state index contributed by atoms with van der Waals surface area (Å²) in [5.74, 6) is -1.58. The molecule has 0 fully saturated rings. The Balaban J connectivity index is 2.44. The molecule has 1 aromatic carbocycles. The minimum absolute atomic E-state index is 0.349. The molecule has 1 unspecified atom stereocenters. The first-order valence-corrected chi connectivity index (χ1v) is 5.66. The lowest BCUT2D eigenvalue weighted by Gasteiger charge is -2.38. The third-order valence-corrected chi connectivity index (χ3v) is 3.13. The number of rotatable bonds is 2. The molecule has 0 saturated carbocycles. The summed E-state index contributed by atoms with van der Waals surface area (Å²) in [4.78, 5) is 2.12. The molecule has 0 bridgehead atoms. The summed E-state index contributed by atoms with van der Waals surface area (Å²) in [7, 11) is 0. The van der Waals surface area contributed by atoms with Crippen molar-refractivity contribution < 1.29 is 8.78 Å². The quantitative estimate of drug-likeness (QED) is 0.834. The molecule has 0 amide bonds. The van der Waals surface area contributed by atoms with Gasteiger partial charge in [-0.05, 0) is 13.3 Å². The maximum absolute atomic E-state index is 13.2. The van der Waals surface area contributed by atoms with Crippen molar-refractivity contribution in [2.75, 3.05) is 23.3 Å². The second-order valence-corrected chi connectivity index (χ2v) is 4.01. The zero-order valence-corrected chi connectivity index (χ0v) is 9.56. The van der Waals surface area contributed by atoms with Crippen molar-refractivity contribution in [3.8, 4) is 0 Å². The van der Waals surface area contributed by atoms with E-state index in [1.54, 1.807) is 0 Å². The Bertz CT molecular complexity index is 393. The fourth-order valence-electron chi connectivity index (χ4n) is 2.24. The molecular formula is C12H16F2N2. The van der Waals surface area contributed by atoms with E-state index in [1.165, 1.54) is 12.1 Å². The van der Waals surface area contributed by atoms with E-state index < -0.39 is 11.6 Å². The van der Waals surface area contributed by atoms with Gasteiger partial charge in [0.2, 0.25) is 0 Å². The summed E-state index contributed by atoms with van der Waals surface area (Å²) in [6, 6.07) is 2.87. The number of fused-ring (bicyclic) bond motifs is 1. The second-order valence-electron chi connectivity index (χ2n) is 4.01. The van der Waals surface area contributed by atoms with Crippen molar-refractivity contribution >= 4 is 11.4 Å². The van der Waals surface area contributed by atoms with Gasteiger partial charge in [-0.3, -0.25) is 0 Å². The van der Waals surface area contributed by atoms with Crippen LogP contribution in [0.4, 0.5) is 20.2 Å². The maximum atomic E-state index is 13.2. The van der Waals surface area contributed by atoms with Gasteiger partial charge in [0, 0.05) is 31.3 Å². The van der Waals surface area contributed by atoms with Crippen LogP contribution in [-0.4, -0.2) is 19.1 Å². The van der Waals surface area contributed by atoms with Crippen molar-refractivity contribution in [3.05, 3.63) is 23.8 Å². The highest BCUT2D eigenvalue weighted by Crippen LogP contribution is 2.33. The van der Waals surface area contributed by atoms with E-state index in [9.17, 15) is 8.78 Å². The van der Waals surface area contributed by atoms with Gasteiger partial charge in [0.05, 0.1) is 11.4 Å². The van der Waals surface area contributed by atoms with E-state index >= 15 is 0 Å². The molecule has 0 spiro atoms. The standard InChI is InChI=1S/C12H16F2N2/c1-3-8-7-15-11-5-9(13)10(14)6-12(11)16(8)4-2/h5-6,8,15H,3-4,7H2,1-2H3. The molecule has 1 heterocycles. The van der Waals surface area contributed by atoms with Crippen molar-refractivity contribution in [1.29, 1.82) is 0 Å². The average molecular weight is 226 g/mol. The Morgan fingerprint density at radius 2 is 2.00 bits per heavy atom. The summed E-state index contributed by atoms with van der Waals surface area (Å²) >= 11 is 0. The lowest BCUT2D eigenvalue weighted by atomic mass is 10.1. The number of benzene rings is 1. The monoisotopic (exact) mass is 226 g/mol. The second kappa shape index (κ2) is 4.28. The third-order valence-electron chi connectivity index (χ3n) is 3.13. The van der Waals surface area contributed by atoms with Crippen LogP contribution in [0.15, 0.2) is 12.1 Å². The molecule has 1 atom stereocenters. The maximum Gasteiger partial charge on any atom is 0.161 e. The molecule has 0 aliphatic carbocycles. The van der Waals surface area contributed by atoms with Crippen LogP contribution in [0.1, 0.15) is 20.3 Å². The van der Waals surface area contributed by atoms with Gasteiger partial charge in [-0.15, -0.1) is 0 Å². The molecule has 1 aliphatic heterocycles. The predicted molar refractivity (Wildman–Crippen MR) is 61.9 cm³/mol. The van der Waals surface area contributed by atoms with Gasteiger partial charge in [-0.25, -0.2) is 8.78 Å². The van der Waals surface area contributed by atoms with Crippen LogP contribution in [0.25, 0.3) is 0 Å². The van der Waals surface area contributed by atoms with E-state index in [-0.39, 0.29) is 0 Å². The number of hydrogen-bond acceptors (Lipinski definition) is 2. The Morgan fingerprint density at radius 3 is 2.62 bits per heavy atom. The van der Waals surface area contributed by atoms with E-state index in [1.807, 2.05) is 6.92 Å². The van der Waals surface area contributed by atoms with Gasteiger partial charge in [0.25, 0.3) is 0 Å². The summed E-state index contributed by atoms with van der Waals surface area (Å²) in [6.07, 6.45) is 0.985. The molecule has 1 aromatic rings. The zero-order valence-electron chi connectivity index (χ0n) is 9.56. The summed E-state index contributed by atoms with van der Waals surface area (Å²) in [5.41, 5.74) is 1.45. The van der Waals surface area contributed by atoms with Gasteiger partial charge in [0.15, 0.2) is 11.6 Å². The van der Waals surface area contributed by atoms with Gasteiger partial charge in [-0.1, -0.05) is 6.92 Å². The van der Waals surface area contributed by atoms with Crippen LogP contribution in [-0.2, 0) is 0 Å². The van der Waals surface area contributed by atoms with Crippen LogP contribution in [0.5, 0.6) is 0 Å². The van der Waals surface area contributed by atoms with Gasteiger partial charge < -0.3 is 10.2 Å². The van der Waals surface area contributed by atoms with Crippen LogP contribution in [0, 0.1) is 11.6 Å². The molecule has 16 heavy (non-hydrogen) atoms. The first-order valence-electron chi connectivity index (χ1n) is 5.66. The zero-order chi connectivity index (χ0) is 11.7. The van der Waals surface area contributed by atoms with Gasteiger partial charge in [0.1, 0.15) is 0 Å². The third kappa shape index (κ3) is 1.72. The Morgan fingerprint density at radius 1 is 1.31 bits per heavy atom. The largest absolute Gasteiger partial charge is 0.381 e. The van der Waals surface area contributed by atoms with Crippen LogP contribution in [0.3, 0.4) is 0 Å². The van der Waals surface area contributed by atoms with Crippen LogP contribution in [0.2, 0.25) is 0 Å². The van der Waals surface area contributed by atoms with Crippen molar-refractivity contribution in [3.63, 3.8) is 0 Å². The highest BCUT2D eigenvalue weighted by Gasteiger charge is 2.25. The van der Waals surface area contributed by atoms with Crippen molar-refractivity contribution in [2.24, 2.45) is 0 Å². The molecule has 0 radical (unpaired) electrons. The Labute approximate surface area is 94.3 Å². The molecule has 2 rings (SSSR count). The normalized spacial score (nSPS) is 19.2. The van der Waals surface area contributed by atoms with E-state index in [0.29, 0.717) is 11.7 Å². The van der Waals surface area contributed by atoms with E-state index in [2.05, 4.69) is 17.1 Å². The number of hydrogen-bond donors (Lipinski definition) is 1. The lowest BCUT2D eigenvalue weighted by Crippen LogP contribution is -2.43. The van der Waals surface area contributed by atoms with Gasteiger partial charge >= 0.3 is 0 Å². The first kappa shape index (κ1) is 11.2. The van der Waals surface area contributed by atoms with E-state index in [0.717, 1.165) is 25.2 Å². The summed E-state index contributed by atoms with van der Waals surface area (Å²) in [5, 5.41) is 3.15. The Hall–Kier alpha value is -1.32. The van der Waals surface area contributed by atoms with Crippen LogP contribution < -0.4 is 10.2 Å². The van der Waals surface area contributed by atoms with Crippen LogP contribution >= 0.6 is 0 Å².